The van der Waals surface area contributed by atoms with Crippen LogP contribution in [0.4, 0.5) is 0 Å². The fourth-order valence-corrected chi connectivity index (χ4v) is 3.41. The number of piperazine rings is 1. The fraction of sp³-hybridized carbons (Fsp3) is 0.600. The molecular weight excluding hydrogens is 357 g/mol. The number of nitrogens with one attached hydrogen (secondary N) is 2. The van der Waals surface area contributed by atoms with Gasteiger partial charge in [-0.25, -0.2) is 13.1 Å². The van der Waals surface area contributed by atoms with Gasteiger partial charge in [0.1, 0.15) is 0 Å². The van der Waals surface area contributed by atoms with E-state index in [-0.39, 0.29) is 24.8 Å². The SMILES string of the molecule is CC(C)c1ccc(S(=O)(=O)NCCN2CCNCC2)cc1.Cl.Cl. The average molecular weight is 384 g/mol. The molecule has 2 rings (SSSR count). The third-order valence-electron chi connectivity index (χ3n) is 3.79. The largest absolute Gasteiger partial charge is 0.314 e. The van der Waals surface area contributed by atoms with Crippen molar-refractivity contribution in [3.63, 3.8) is 0 Å². The molecule has 1 aromatic carbocycles. The summed E-state index contributed by atoms with van der Waals surface area (Å²) in [5.74, 6) is 0.405. The maximum absolute atomic E-state index is 12.2. The van der Waals surface area contributed by atoms with Gasteiger partial charge >= 0.3 is 0 Å². The lowest BCUT2D eigenvalue weighted by atomic mass is 10.0. The Hall–Kier alpha value is -0.370. The second kappa shape index (κ2) is 10.5. The first-order chi connectivity index (χ1) is 9.99. The molecule has 1 fully saturated rings. The number of nitrogens with zero attached hydrogens (tertiary/aromatic N) is 1. The first kappa shape index (κ1) is 22.6. The molecule has 1 aromatic rings. The smallest absolute Gasteiger partial charge is 0.240 e. The van der Waals surface area contributed by atoms with E-state index in [0.29, 0.717) is 17.4 Å². The maximum atomic E-state index is 12.2. The monoisotopic (exact) mass is 383 g/mol. The summed E-state index contributed by atoms with van der Waals surface area (Å²) >= 11 is 0. The Morgan fingerprint density at radius 2 is 1.70 bits per heavy atom. The Kier molecular flexibility index (Phi) is 10.3. The number of sulfonamides is 1. The van der Waals surface area contributed by atoms with Crippen molar-refractivity contribution in [2.75, 3.05) is 39.3 Å². The number of rotatable bonds is 6. The van der Waals surface area contributed by atoms with Crippen molar-refractivity contribution in [2.24, 2.45) is 0 Å². The Morgan fingerprint density at radius 1 is 1.13 bits per heavy atom. The third kappa shape index (κ3) is 6.95. The van der Waals surface area contributed by atoms with Gasteiger partial charge in [0.15, 0.2) is 0 Å². The highest BCUT2D eigenvalue weighted by Gasteiger charge is 2.15. The van der Waals surface area contributed by atoms with E-state index in [9.17, 15) is 8.42 Å². The predicted octanol–water partition coefficient (Wildman–Crippen LogP) is 1.84. The van der Waals surface area contributed by atoms with Gasteiger partial charge in [0, 0.05) is 39.3 Å². The van der Waals surface area contributed by atoms with Gasteiger partial charge in [0.05, 0.1) is 4.90 Å². The highest BCUT2D eigenvalue weighted by Crippen LogP contribution is 2.17. The van der Waals surface area contributed by atoms with Crippen molar-refractivity contribution in [2.45, 2.75) is 24.7 Å². The molecule has 2 N–H and O–H groups in total. The van der Waals surface area contributed by atoms with Crippen LogP contribution >= 0.6 is 24.8 Å². The highest BCUT2D eigenvalue weighted by molar-refractivity contribution is 7.89. The highest BCUT2D eigenvalue weighted by atomic mass is 35.5. The van der Waals surface area contributed by atoms with Gasteiger partial charge in [0.2, 0.25) is 10.0 Å². The van der Waals surface area contributed by atoms with E-state index in [1.165, 1.54) is 0 Å². The van der Waals surface area contributed by atoms with Crippen molar-refractivity contribution in [1.29, 1.82) is 0 Å². The second-order valence-corrected chi connectivity index (χ2v) is 7.48. The molecule has 0 bridgehead atoms. The lowest BCUT2D eigenvalue weighted by molar-refractivity contribution is 0.245. The molecule has 1 heterocycles. The molecule has 0 radical (unpaired) electrons. The van der Waals surface area contributed by atoms with Crippen LogP contribution in [0.1, 0.15) is 25.3 Å². The first-order valence-corrected chi connectivity index (χ1v) is 9.00. The molecule has 8 heteroatoms. The lowest BCUT2D eigenvalue weighted by Crippen LogP contribution is -2.46. The number of hydrogen-bond donors (Lipinski definition) is 2. The molecule has 0 aliphatic carbocycles. The fourth-order valence-electron chi connectivity index (χ4n) is 2.39. The number of hydrogen-bond acceptors (Lipinski definition) is 4. The van der Waals surface area contributed by atoms with Crippen LogP contribution < -0.4 is 10.0 Å². The van der Waals surface area contributed by atoms with Crippen molar-refractivity contribution in [3.8, 4) is 0 Å². The van der Waals surface area contributed by atoms with Crippen LogP contribution in [0.3, 0.4) is 0 Å². The van der Waals surface area contributed by atoms with Gasteiger partial charge < -0.3 is 5.32 Å². The number of benzene rings is 1. The molecule has 0 aromatic heterocycles. The summed E-state index contributed by atoms with van der Waals surface area (Å²) in [6.45, 7) is 9.30. The zero-order valence-corrected chi connectivity index (χ0v) is 16.1. The van der Waals surface area contributed by atoms with Crippen LogP contribution in [0.25, 0.3) is 0 Å². The van der Waals surface area contributed by atoms with Gasteiger partial charge in [-0.1, -0.05) is 26.0 Å². The van der Waals surface area contributed by atoms with Crippen molar-refractivity contribution in [3.05, 3.63) is 29.8 Å². The first-order valence-electron chi connectivity index (χ1n) is 7.52. The van der Waals surface area contributed by atoms with Gasteiger partial charge in [-0.05, 0) is 23.6 Å². The molecular formula is C15H27Cl2N3O2S. The van der Waals surface area contributed by atoms with Crippen LogP contribution in [0.5, 0.6) is 0 Å². The zero-order chi connectivity index (χ0) is 15.3. The van der Waals surface area contributed by atoms with E-state index in [1.807, 2.05) is 12.1 Å². The van der Waals surface area contributed by atoms with Crippen molar-refractivity contribution >= 4 is 34.8 Å². The molecule has 0 spiro atoms. The van der Waals surface area contributed by atoms with Gasteiger partial charge in [-0.2, -0.15) is 0 Å². The molecule has 1 aliphatic rings. The Balaban J connectivity index is 0.00000242. The van der Waals surface area contributed by atoms with E-state index < -0.39 is 10.0 Å². The molecule has 134 valence electrons. The molecule has 0 amide bonds. The summed E-state index contributed by atoms with van der Waals surface area (Å²) < 4.78 is 27.1. The van der Waals surface area contributed by atoms with E-state index in [4.69, 9.17) is 0 Å². The van der Waals surface area contributed by atoms with Gasteiger partial charge in [-0.15, -0.1) is 24.8 Å². The van der Waals surface area contributed by atoms with Gasteiger partial charge in [-0.3, -0.25) is 4.90 Å². The van der Waals surface area contributed by atoms with Crippen molar-refractivity contribution < 1.29 is 8.42 Å². The van der Waals surface area contributed by atoms with E-state index >= 15 is 0 Å². The van der Waals surface area contributed by atoms with E-state index in [2.05, 4.69) is 28.8 Å². The summed E-state index contributed by atoms with van der Waals surface area (Å²) in [7, 11) is -3.40. The second-order valence-electron chi connectivity index (χ2n) is 5.71. The molecule has 0 unspecified atom stereocenters. The summed E-state index contributed by atoms with van der Waals surface area (Å²) in [5, 5.41) is 3.28. The topological polar surface area (TPSA) is 61.4 Å². The molecule has 0 saturated carbocycles. The summed E-state index contributed by atoms with van der Waals surface area (Å²) in [4.78, 5) is 2.60. The minimum atomic E-state index is -3.40. The van der Waals surface area contributed by atoms with Crippen LogP contribution in [-0.4, -0.2) is 52.6 Å². The average Bonchev–Trinajstić information content (AvgIpc) is 2.48. The Morgan fingerprint density at radius 3 is 2.22 bits per heavy atom. The summed E-state index contributed by atoms with van der Waals surface area (Å²) in [6, 6.07) is 7.13. The van der Waals surface area contributed by atoms with Gasteiger partial charge in [0.25, 0.3) is 0 Å². The van der Waals surface area contributed by atoms with Crippen LogP contribution in [0.15, 0.2) is 29.2 Å². The summed E-state index contributed by atoms with van der Waals surface area (Å²) in [5.41, 5.74) is 1.15. The standard InChI is InChI=1S/C15H25N3O2S.2ClH/c1-13(2)14-3-5-15(6-4-14)21(19,20)17-9-12-18-10-7-16-8-11-18;;/h3-6,13,16-17H,7-12H2,1-2H3;2*1H. The zero-order valence-electron chi connectivity index (χ0n) is 13.6. The summed E-state index contributed by atoms with van der Waals surface area (Å²) in [6.07, 6.45) is 0. The minimum absolute atomic E-state index is 0. The Bertz CT molecular complexity index is 544. The molecule has 23 heavy (non-hydrogen) atoms. The molecule has 0 atom stereocenters. The van der Waals surface area contributed by atoms with E-state index in [0.717, 1.165) is 38.3 Å². The predicted molar refractivity (Wildman–Crippen MR) is 99.5 cm³/mol. The van der Waals surface area contributed by atoms with Crippen LogP contribution in [-0.2, 0) is 10.0 Å². The normalized spacial score (nSPS) is 15.8. The third-order valence-corrected chi connectivity index (χ3v) is 5.26. The quantitative estimate of drug-likeness (QED) is 0.786. The Labute approximate surface area is 152 Å². The maximum Gasteiger partial charge on any atom is 0.240 e. The molecule has 5 nitrogen and oxygen atoms in total. The molecule has 1 aliphatic heterocycles. The van der Waals surface area contributed by atoms with E-state index in [1.54, 1.807) is 12.1 Å². The van der Waals surface area contributed by atoms with Crippen molar-refractivity contribution in [1.82, 2.24) is 14.9 Å². The minimum Gasteiger partial charge on any atom is -0.314 e. The van der Waals surface area contributed by atoms with Crippen LogP contribution in [0.2, 0.25) is 0 Å². The lowest BCUT2D eigenvalue weighted by Gasteiger charge is -2.27. The van der Waals surface area contributed by atoms with Crippen LogP contribution in [0, 0.1) is 0 Å². The molecule has 1 saturated heterocycles. The number of halogens is 2.